The zero-order valence-electron chi connectivity index (χ0n) is 13.9. The summed E-state index contributed by atoms with van der Waals surface area (Å²) in [7, 11) is 0. The Balaban J connectivity index is 1.55. The Hall–Kier alpha value is -2.96. The van der Waals surface area contributed by atoms with E-state index in [0.717, 1.165) is 9.80 Å². The summed E-state index contributed by atoms with van der Waals surface area (Å²) >= 11 is 7.43. The molecule has 7 heteroatoms. The molecule has 2 aromatic carbocycles. The van der Waals surface area contributed by atoms with E-state index >= 15 is 0 Å². The van der Waals surface area contributed by atoms with Crippen molar-refractivity contribution >= 4 is 47.1 Å². The Labute approximate surface area is 164 Å². The Morgan fingerprint density at radius 3 is 2.59 bits per heavy atom. The Kier molecular flexibility index (Phi) is 4.75. The highest BCUT2D eigenvalue weighted by Gasteiger charge is 2.35. The molecule has 4 rings (SSSR count). The highest BCUT2D eigenvalue weighted by molar-refractivity contribution is 7.99. The summed E-state index contributed by atoms with van der Waals surface area (Å²) in [5, 5.41) is 3.70. The summed E-state index contributed by atoms with van der Waals surface area (Å²) in [6.45, 7) is 0. The molecule has 134 valence electrons. The number of carbonyl (C=O) groups is 2. The number of benzene rings is 2. The lowest BCUT2D eigenvalue weighted by Gasteiger charge is -2.11. The fourth-order valence-corrected chi connectivity index (χ4v) is 3.58. The number of amides is 3. The molecule has 27 heavy (non-hydrogen) atoms. The van der Waals surface area contributed by atoms with Gasteiger partial charge in [0.15, 0.2) is 5.09 Å². The van der Waals surface area contributed by atoms with Crippen LogP contribution in [0.15, 0.2) is 86.8 Å². The van der Waals surface area contributed by atoms with E-state index in [9.17, 15) is 9.59 Å². The molecule has 3 amide bonds. The summed E-state index contributed by atoms with van der Waals surface area (Å²) in [5.74, 6) is 0.0148. The molecular formula is C20H13ClN2O3S. The molecule has 0 spiro atoms. The van der Waals surface area contributed by atoms with Gasteiger partial charge in [-0.2, -0.15) is 0 Å². The van der Waals surface area contributed by atoms with Gasteiger partial charge >= 0.3 is 6.03 Å². The van der Waals surface area contributed by atoms with Gasteiger partial charge < -0.3 is 9.73 Å². The normalized spacial score (nSPS) is 15.4. The van der Waals surface area contributed by atoms with Gasteiger partial charge in [-0.3, -0.25) is 4.79 Å². The third kappa shape index (κ3) is 3.77. The van der Waals surface area contributed by atoms with Gasteiger partial charge in [0.05, 0.1) is 5.69 Å². The summed E-state index contributed by atoms with van der Waals surface area (Å²) in [4.78, 5) is 26.9. The van der Waals surface area contributed by atoms with Gasteiger partial charge in [0, 0.05) is 16.0 Å². The van der Waals surface area contributed by atoms with E-state index in [4.69, 9.17) is 16.0 Å². The topological polar surface area (TPSA) is 62.6 Å². The van der Waals surface area contributed by atoms with Crippen molar-refractivity contribution in [3.8, 4) is 0 Å². The number of anilines is 1. The van der Waals surface area contributed by atoms with Crippen LogP contribution >= 0.6 is 23.4 Å². The molecule has 2 heterocycles. The molecule has 3 aromatic rings. The van der Waals surface area contributed by atoms with Crippen molar-refractivity contribution in [2.75, 3.05) is 4.90 Å². The molecule has 1 fully saturated rings. The van der Waals surface area contributed by atoms with Gasteiger partial charge in [-0.05, 0) is 42.5 Å². The number of carbonyl (C=O) groups excluding carboxylic acids is 2. The van der Waals surface area contributed by atoms with E-state index in [2.05, 4.69) is 5.32 Å². The van der Waals surface area contributed by atoms with Crippen LogP contribution in [0.4, 0.5) is 10.5 Å². The van der Waals surface area contributed by atoms with Crippen molar-refractivity contribution in [3.05, 3.63) is 83.2 Å². The zero-order chi connectivity index (χ0) is 18.8. The molecule has 0 atom stereocenters. The van der Waals surface area contributed by atoms with Crippen molar-refractivity contribution in [2.24, 2.45) is 0 Å². The van der Waals surface area contributed by atoms with Gasteiger partial charge in [-0.15, -0.1) is 0 Å². The highest BCUT2D eigenvalue weighted by atomic mass is 35.5. The number of furan rings is 1. The standard InChI is InChI=1S/C20H13ClN2O3S/c21-13-5-4-6-14(11-13)23-19(24)17(22-20(23)25)12-15-9-10-18(26-15)27-16-7-2-1-3-8-16/h1-12H,(H,22,25)/b17-12+. The lowest BCUT2D eigenvalue weighted by molar-refractivity contribution is -0.113. The fraction of sp³-hybridized carbons (Fsp3) is 0. The van der Waals surface area contributed by atoms with Crippen molar-refractivity contribution in [1.29, 1.82) is 0 Å². The second-order valence-electron chi connectivity index (χ2n) is 5.68. The van der Waals surface area contributed by atoms with E-state index in [1.165, 1.54) is 17.8 Å². The Morgan fingerprint density at radius 2 is 1.81 bits per heavy atom. The minimum absolute atomic E-state index is 0.144. The lowest BCUT2D eigenvalue weighted by atomic mass is 10.3. The van der Waals surface area contributed by atoms with Crippen LogP contribution < -0.4 is 10.2 Å². The minimum Gasteiger partial charge on any atom is -0.450 e. The third-order valence-corrected chi connectivity index (χ3v) is 4.96. The molecule has 1 N–H and O–H groups in total. The number of nitrogens with zero attached hydrogens (tertiary/aromatic N) is 1. The van der Waals surface area contributed by atoms with E-state index < -0.39 is 11.9 Å². The highest BCUT2D eigenvalue weighted by Crippen LogP contribution is 2.30. The van der Waals surface area contributed by atoms with Crippen molar-refractivity contribution in [1.82, 2.24) is 5.32 Å². The molecule has 5 nitrogen and oxygen atoms in total. The summed E-state index contributed by atoms with van der Waals surface area (Å²) in [6, 6.07) is 19.4. The summed E-state index contributed by atoms with van der Waals surface area (Å²) < 4.78 is 5.74. The number of hydrogen-bond donors (Lipinski definition) is 1. The van der Waals surface area contributed by atoms with Crippen molar-refractivity contribution in [3.63, 3.8) is 0 Å². The molecule has 1 aliphatic rings. The van der Waals surface area contributed by atoms with Gasteiger partial charge in [0.1, 0.15) is 11.5 Å². The molecular weight excluding hydrogens is 384 g/mol. The molecule has 0 unspecified atom stereocenters. The maximum Gasteiger partial charge on any atom is 0.333 e. The van der Waals surface area contributed by atoms with E-state index in [-0.39, 0.29) is 5.70 Å². The van der Waals surface area contributed by atoms with Gasteiger partial charge in [0.25, 0.3) is 5.91 Å². The maximum absolute atomic E-state index is 12.6. The van der Waals surface area contributed by atoms with Crippen molar-refractivity contribution in [2.45, 2.75) is 9.99 Å². The number of rotatable bonds is 4. The number of urea groups is 1. The van der Waals surface area contributed by atoms with E-state index in [0.29, 0.717) is 21.6 Å². The quantitative estimate of drug-likeness (QED) is 0.487. The second-order valence-corrected chi connectivity index (χ2v) is 7.19. The van der Waals surface area contributed by atoms with Crippen LogP contribution in [0.3, 0.4) is 0 Å². The first-order chi connectivity index (χ1) is 13.1. The average molecular weight is 397 g/mol. The second kappa shape index (κ2) is 7.34. The fourth-order valence-electron chi connectivity index (χ4n) is 2.60. The largest absolute Gasteiger partial charge is 0.450 e. The molecule has 1 aliphatic heterocycles. The SMILES string of the molecule is O=C1N/C(=C/c2ccc(Sc3ccccc3)o2)C(=O)N1c1cccc(Cl)c1. The minimum atomic E-state index is -0.529. The van der Waals surface area contributed by atoms with Gasteiger partial charge in [0.2, 0.25) is 0 Å². The van der Waals surface area contributed by atoms with Crippen LogP contribution in [-0.2, 0) is 4.79 Å². The molecule has 0 aliphatic carbocycles. The first-order valence-corrected chi connectivity index (χ1v) is 9.25. The van der Waals surface area contributed by atoms with Crippen LogP contribution in [0.1, 0.15) is 5.76 Å². The monoisotopic (exact) mass is 396 g/mol. The zero-order valence-corrected chi connectivity index (χ0v) is 15.5. The van der Waals surface area contributed by atoms with Crippen LogP contribution in [0.5, 0.6) is 0 Å². The molecule has 0 radical (unpaired) electrons. The lowest BCUT2D eigenvalue weighted by Crippen LogP contribution is -2.30. The molecule has 0 bridgehead atoms. The van der Waals surface area contributed by atoms with Crippen LogP contribution in [0.25, 0.3) is 6.08 Å². The Bertz CT molecular complexity index is 1050. The molecule has 0 saturated carbocycles. The first kappa shape index (κ1) is 17.5. The maximum atomic E-state index is 12.6. The number of imide groups is 1. The number of hydrogen-bond acceptors (Lipinski definition) is 4. The predicted octanol–water partition coefficient (Wildman–Crippen LogP) is 5.18. The van der Waals surface area contributed by atoms with Gasteiger partial charge in [-0.1, -0.05) is 47.6 Å². The smallest absolute Gasteiger partial charge is 0.333 e. The van der Waals surface area contributed by atoms with Crippen LogP contribution in [0, 0.1) is 0 Å². The number of halogens is 1. The number of nitrogens with one attached hydrogen (secondary N) is 1. The van der Waals surface area contributed by atoms with Crippen molar-refractivity contribution < 1.29 is 14.0 Å². The third-order valence-electron chi connectivity index (χ3n) is 3.79. The van der Waals surface area contributed by atoms with E-state index in [1.807, 2.05) is 36.4 Å². The predicted molar refractivity (Wildman–Crippen MR) is 105 cm³/mol. The summed E-state index contributed by atoms with van der Waals surface area (Å²) in [5.41, 5.74) is 0.554. The summed E-state index contributed by atoms with van der Waals surface area (Å²) in [6.07, 6.45) is 1.51. The first-order valence-electron chi connectivity index (χ1n) is 8.05. The van der Waals surface area contributed by atoms with Crippen LogP contribution in [-0.4, -0.2) is 11.9 Å². The molecule has 1 saturated heterocycles. The Morgan fingerprint density at radius 1 is 1.00 bits per heavy atom. The van der Waals surface area contributed by atoms with Crippen LogP contribution in [0.2, 0.25) is 5.02 Å². The van der Waals surface area contributed by atoms with E-state index in [1.54, 1.807) is 30.3 Å². The molecule has 1 aromatic heterocycles. The van der Waals surface area contributed by atoms with Gasteiger partial charge in [-0.25, -0.2) is 9.69 Å². The average Bonchev–Trinajstić information content (AvgIpc) is 3.20.